The van der Waals surface area contributed by atoms with E-state index in [0.717, 1.165) is 38.8 Å². The molecular weight excluding hydrogens is 224 g/mol. The molecule has 0 unspecified atom stereocenters. The molecule has 0 aromatic rings. The van der Waals surface area contributed by atoms with Crippen LogP contribution in [0.15, 0.2) is 29.5 Å². The van der Waals surface area contributed by atoms with E-state index in [1.165, 1.54) is 0 Å². The first-order valence-corrected chi connectivity index (χ1v) is 6.81. The third-order valence-corrected chi connectivity index (χ3v) is 2.62. The molecule has 0 saturated heterocycles. The number of unbranched alkanes of at least 4 members (excludes halogenated alkanes) is 1. The molecule has 18 heavy (non-hydrogen) atoms. The summed E-state index contributed by atoms with van der Waals surface area (Å²) >= 11 is 0. The summed E-state index contributed by atoms with van der Waals surface area (Å²) in [6.07, 6.45) is 14.6. The van der Waals surface area contributed by atoms with Gasteiger partial charge in [0.1, 0.15) is 0 Å². The largest absolute Gasteiger partial charge is 0.411 e. The van der Waals surface area contributed by atoms with E-state index in [1.807, 2.05) is 0 Å². The van der Waals surface area contributed by atoms with Gasteiger partial charge in [0.2, 0.25) is 0 Å². The monoisotopic (exact) mass is 252 g/mol. The van der Waals surface area contributed by atoms with E-state index in [9.17, 15) is 0 Å². The lowest BCUT2D eigenvalue weighted by Gasteiger charge is -2.14. The molecule has 0 heterocycles. The van der Waals surface area contributed by atoms with E-state index in [1.54, 1.807) is 6.21 Å². The molecule has 0 amide bonds. The Kier molecular flexibility index (Phi) is 10.4. The summed E-state index contributed by atoms with van der Waals surface area (Å²) in [7, 11) is 0. The second kappa shape index (κ2) is 11.0. The van der Waals surface area contributed by atoms with Gasteiger partial charge in [0, 0.05) is 11.6 Å². The predicted octanol–water partition coefficient (Wildman–Crippen LogP) is 3.75. The lowest BCUT2D eigenvalue weighted by molar-refractivity contribution is 0.313. The van der Waals surface area contributed by atoms with Crippen molar-refractivity contribution in [1.82, 2.24) is 5.32 Å². The maximum absolute atomic E-state index is 8.49. The number of nitrogens with zero attached hydrogens (tertiary/aromatic N) is 1. The SMILES string of the molecule is CCNCC/C=C/CC/C=C/CC(C)(C)/C=N/O. The molecule has 0 aromatic carbocycles. The standard InChI is InChI=1S/C15H28N2O/c1-4-16-13-11-9-7-5-6-8-10-12-15(2,3)14-17-18/h7-10,14,16,18H,4-6,11-13H2,1-3H3/b9-7+,10-8+,17-14+. The number of nitrogens with one attached hydrogen (secondary N) is 1. The first-order valence-electron chi connectivity index (χ1n) is 6.81. The average Bonchev–Trinajstić information content (AvgIpc) is 2.31. The lowest BCUT2D eigenvalue weighted by Crippen LogP contribution is -2.12. The van der Waals surface area contributed by atoms with Crippen LogP contribution in [0.3, 0.4) is 0 Å². The highest BCUT2D eigenvalue weighted by molar-refractivity contribution is 5.64. The van der Waals surface area contributed by atoms with Crippen LogP contribution in [-0.4, -0.2) is 24.5 Å². The maximum Gasteiger partial charge on any atom is 0.0495 e. The second-order valence-corrected chi connectivity index (χ2v) is 5.10. The molecule has 0 spiro atoms. The number of hydrogen-bond acceptors (Lipinski definition) is 3. The third kappa shape index (κ3) is 11.4. The Hall–Kier alpha value is -1.09. The highest BCUT2D eigenvalue weighted by Crippen LogP contribution is 2.17. The average molecular weight is 252 g/mol. The van der Waals surface area contributed by atoms with Crippen LogP contribution in [0.25, 0.3) is 0 Å². The summed E-state index contributed by atoms with van der Waals surface area (Å²) in [5, 5.41) is 14.9. The van der Waals surface area contributed by atoms with Crippen LogP contribution < -0.4 is 5.32 Å². The molecule has 104 valence electrons. The van der Waals surface area contributed by atoms with Crippen LogP contribution in [0.4, 0.5) is 0 Å². The molecular formula is C15H28N2O. The van der Waals surface area contributed by atoms with E-state index in [4.69, 9.17) is 5.21 Å². The minimum atomic E-state index is -0.0626. The van der Waals surface area contributed by atoms with Crippen molar-refractivity contribution in [2.45, 2.75) is 46.5 Å². The van der Waals surface area contributed by atoms with Crippen LogP contribution in [0.2, 0.25) is 0 Å². The van der Waals surface area contributed by atoms with E-state index in [2.05, 4.69) is 55.5 Å². The molecule has 0 aliphatic carbocycles. The molecule has 3 heteroatoms. The Balaban J connectivity index is 3.54. The van der Waals surface area contributed by atoms with Gasteiger partial charge in [0.05, 0.1) is 0 Å². The molecule has 0 radical (unpaired) electrons. The minimum Gasteiger partial charge on any atom is -0.411 e. The Bertz CT molecular complexity index is 268. The van der Waals surface area contributed by atoms with Crippen molar-refractivity contribution < 1.29 is 5.21 Å². The summed E-state index contributed by atoms with van der Waals surface area (Å²) in [4.78, 5) is 0. The van der Waals surface area contributed by atoms with Gasteiger partial charge in [0.25, 0.3) is 0 Å². The fourth-order valence-corrected chi connectivity index (χ4v) is 1.50. The predicted molar refractivity (Wildman–Crippen MR) is 79.4 cm³/mol. The molecule has 3 nitrogen and oxygen atoms in total. The first kappa shape index (κ1) is 16.9. The van der Waals surface area contributed by atoms with Gasteiger partial charge in [-0.25, -0.2) is 0 Å². The fraction of sp³-hybridized carbons (Fsp3) is 0.667. The van der Waals surface area contributed by atoms with Crippen molar-refractivity contribution in [3.05, 3.63) is 24.3 Å². The normalized spacial score (nSPS) is 13.3. The zero-order valence-electron chi connectivity index (χ0n) is 12.0. The van der Waals surface area contributed by atoms with Crippen LogP contribution in [0.5, 0.6) is 0 Å². The minimum absolute atomic E-state index is 0.0626. The molecule has 0 bridgehead atoms. The number of rotatable bonds is 10. The van der Waals surface area contributed by atoms with Crippen LogP contribution >= 0.6 is 0 Å². The van der Waals surface area contributed by atoms with Gasteiger partial charge in [0.15, 0.2) is 0 Å². The van der Waals surface area contributed by atoms with Crippen molar-refractivity contribution in [2.24, 2.45) is 10.6 Å². The molecule has 0 rings (SSSR count). The van der Waals surface area contributed by atoms with E-state index in [-0.39, 0.29) is 5.41 Å². The third-order valence-electron chi connectivity index (χ3n) is 2.62. The smallest absolute Gasteiger partial charge is 0.0495 e. The Morgan fingerprint density at radius 2 is 1.67 bits per heavy atom. The molecule has 0 aromatic heterocycles. The summed E-state index contributed by atoms with van der Waals surface area (Å²) in [5.74, 6) is 0. The van der Waals surface area contributed by atoms with Gasteiger partial charge < -0.3 is 10.5 Å². The van der Waals surface area contributed by atoms with Gasteiger partial charge in [-0.3, -0.25) is 0 Å². The zero-order valence-corrected chi connectivity index (χ0v) is 12.0. The molecule has 0 atom stereocenters. The first-order chi connectivity index (χ1) is 8.62. The van der Waals surface area contributed by atoms with Crippen molar-refractivity contribution in [2.75, 3.05) is 13.1 Å². The summed E-state index contributed by atoms with van der Waals surface area (Å²) in [6, 6.07) is 0. The highest BCUT2D eigenvalue weighted by atomic mass is 16.4. The number of oxime groups is 1. The van der Waals surface area contributed by atoms with Crippen molar-refractivity contribution in [3.8, 4) is 0 Å². The maximum atomic E-state index is 8.49. The number of hydrogen-bond donors (Lipinski definition) is 2. The zero-order chi connectivity index (χ0) is 13.7. The molecule has 0 saturated carbocycles. The summed E-state index contributed by atoms with van der Waals surface area (Å²) in [6.45, 7) is 8.34. The second-order valence-electron chi connectivity index (χ2n) is 5.10. The van der Waals surface area contributed by atoms with Gasteiger partial charge in [-0.05, 0) is 38.8 Å². The van der Waals surface area contributed by atoms with E-state index >= 15 is 0 Å². The Labute approximate surface area is 112 Å². The summed E-state index contributed by atoms with van der Waals surface area (Å²) in [5.41, 5.74) is -0.0626. The fourth-order valence-electron chi connectivity index (χ4n) is 1.50. The topological polar surface area (TPSA) is 44.6 Å². The van der Waals surface area contributed by atoms with Crippen LogP contribution in [0.1, 0.15) is 46.5 Å². The lowest BCUT2D eigenvalue weighted by atomic mass is 9.91. The molecule has 0 fully saturated rings. The van der Waals surface area contributed by atoms with Gasteiger partial charge in [-0.15, -0.1) is 5.16 Å². The summed E-state index contributed by atoms with van der Waals surface area (Å²) < 4.78 is 0. The molecule has 2 N–H and O–H groups in total. The Morgan fingerprint density at radius 1 is 1.06 bits per heavy atom. The van der Waals surface area contributed by atoms with Gasteiger partial charge in [-0.1, -0.05) is 45.1 Å². The van der Waals surface area contributed by atoms with Crippen molar-refractivity contribution in [3.63, 3.8) is 0 Å². The quantitative estimate of drug-likeness (QED) is 0.204. The highest BCUT2D eigenvalue weighted by Gasteiger charge is 2.12. The Morgan fingerprint density at radius 3 is 2.28 bits per heavy atom. The van der Waals surface area contributed by atoms with E-state index < -0.39 is 0 Å². The van der Waals surface area contributed by atoms with Crippen molar-refractivity contribution >= 4 is 6.21 Å². The van der Waals surface area contributed by atoms with Gasteiger partial charge >= 0.3 is 0 Å². The van der Waals surface area contributed by atoms with Gasteiger partial charge in [-0.2, -0.15) is 0 Å². The van der Waals surface area contributed by atoms with E-state index in [0.29, 0.717) is 0 Å². The van der Waals surface area contributed by atoms with Crippen LogP contribution in [-0.2, 0) is 0 Å². The molecule has 0 aliphatic rings. The molecule has 0 aliphatic heterocycles. The number of allylic oxidation sites excluding steroid dienone is 3. The van der Waals surface area contributed by atoms with Crippen molar-refractivity contribution in [1.29, 1.82) is 0 Å². The van der Waals surface area contributed by atoms with Crippen LogP contribution in [0, 0.1) is 5.41 Å².